The Morgan fingerprint density at radius 2 is 2.20 bits per heavy atom. The number of pyridine rings is 1. The maximum atomic E-state index is 6.31. The Kier molecular flexibility index (Phi) is 3.57. The highest BCUT2D eigenvalue weighted by Gasteiger charge is 2.62. The number of halogens is 2. The molecular weight excluding hydrogens is 338 g/mol. The third-order valence-electron chi connectivity index (χ3n) is 6.00. The standard InChI is InChI=1S/C16H21BrClNO/c1-15(2)11-4-5-16(15,3)13(7-11)20-14-10(8-18)6-12(17)9-19-14/h6,9,11,13H,4-5,7-8H2,1-3H3. The number of fused-ring (bicyclic) bond motifs is 2. The highest BCUT2D eigenvalue weighted by atomic mass is 79.9. The van der Waals surface area contributed by atoms with Gasteiger partial charge in [-0.3, -0.25) is 0 Å². The Hall–Kier alpha value is -0.280. The van der Waals surface area contributed by atoms with Crippen molar-refractivity contribution in [2.45, 2.75) is 52.0 Å². The van der Waals surface area contributed by atoms with Gasteiger partial charge in [-0.05, 0) is 52.6 Å². The average molecular weight is 359 g/mol. The van der Waals surface area contributed by atoms with E-state index in [1.807, 2.05) is 6.07 Å². The SMILES string of the molecule is CC1(C)C2CCC1(C)C(Oc1ncc(Br)cc1CCl)C2. The maximum Gasteiger partial charge on any atom is 0.218 e. The molecule has 0 aromatic carbocycles. The molecule has 1 heterocycles. The fraction of sp³-hybridized carbons (Fsp3) is 0.688. The topological polar surface area (TPSA) is 22.1 Å². The van der Waals surface area contributed by atoms with E-state index >= 15 is 0 Å². The van der Waals surface area contributed by atoms with Crippen molar-refractivity contribution in [3.63, 3.8) is 0 Å². The summed E-state index contributed by atoms with van der Waals surface area (Å²) in [6, 6.07) is 2.00. The van der Waals surface area contributed by atoms with Gasteiger partial charge in [0.15, 0.2) is 0 Å². The number of nitrogens with zero attached hydrogens (tertiary/aromatic N) is 1. The van der Waals surface area contributed by atoms with Crippen molar-refractivity contribution in [1.29, 1.82) is 0 Å². The van der Waals surface area contributed by atoms with Crippen LogP contribution in [-0.2, 0) is 5.88 Å². The van der Waals surface area contributed by atoms with Gasteiger partial charge in [-0.2, -0.15) is 0 Å². The summed E-state index contributed by atoms with van der Waals surface area (Å²) in [5.41, 5.74) is 1.56. The zero-order valence-corrected chi connectivity index (χ0v) is 14.6. The molecule has 3 rings (SSSR count). The molecule has 2 saturated carbocycles. The highest BCUT2D eigenvalue weighted by Crippen LogP contribution is 2.66. The smallest absolute Gasteiger partial charge is 0.218 e. The van der Waals surface area contributed by atoms with Crippen molar-refractivity contribution in [3.8, 4) is 5.88 Å². The van der Waals surface area contributed by atoms with Crippen molar-refractivity contribution >= 4 is 27.5 Å². The van der Waals surface area contributed by atoms with Gasteiger partial charge in [0.2, 0.25) is 5.88 Å². The van der Waals surface area contributed by atoms with Crippen LogP contribution < -0.4 is 4.74 Å². The quantitative estimate of drug-likeness (QED) is 0.695. The normalized spacial score (nSPS) is 34.5. The second-order valence-electron chi connectivity index (χ2n) is 6.97. The molecule has 3 atom stereocenters. The molecule has 1 aromatic rings. The number of aromatic nitrogens is 1. The van der Waals surface area contributed by atoms with Crippen molar-refractivity contribution in [2.24, 2.45) is 16.7 Å². The van der Waals surface area contributed by atoms with Crippen LogP contribution in [0.15, 0.2) is 16.7 Å². The first-order valence-corrected chi connectivity index (χ1v) is 8.58. The lowest BCUT2D eigenvalue weighted by Gasteiger charge is -2.38. The summed E-state index contributed by atoms with van der Waals surface area (Å²) in [4.78, 5) is 4.42. The number of hydrogen-bond donors (Lipinski definition) is 0. The first-order chi connectivity index (χ1) is 9.38. The van der Waals surface area contributed by atoms with Gasteiger partial charge in [0.1, 0.15) is 6.10 Å². The fourth-order valence-corrected chi connectivity index (χ4v) is 4.68. The third kappa shape index (κ3) is 2.00. The lowest BCUT2D eigenvalue weighted by molar-refractivity contribution is 0.0268. The number of rotatable bonds is 3. The van der Waals surface area contributed by atoms with E-state index in [2.05, 4.69) is 41.7 Å². The third-order valence-corrected chi connectivity index (χ3v) is 6.73. The van der Waals surface area contributed by atoms with E-state index in [9.17, 15) is 0 Å². The van der Waals surface area contributed by atoms with Crippen LogP contribution >= 0.6 is 27.5 Å². The van der Waals surface area contributed by atoms with Crippen molar-refractivity contribution in [1.82, 2.24) is 4.98 Å². The molecule has 0 amide bonds. The molecule has 2 aliphatic carbocycles. The number of hydrogen-bond acceptors (Lipinski definition) is 2. The summed E-state index contributed by atoms with van der Waals surface area (Å²) in [6.07, 6.45) is 5.77. The van der Waals surface area contributed by atoms with Crippen molar-refractivity contribution in [3.05, 3.63) is 22.3 Å². The first kappa shape index (κ1) is 14.6. The van der Waals surface area contributed by atoms with Gasteiger partial charge in [0, 0.05) is 21.6 Å². The Balaban J connectivity index is 1.87. The van der Waals surface area contributed by atoms with Crippen molar-refractivity contribution in [2.75, 3.05) is 0 Å². The minimum Gasteiger partial charge on any atom is -0.474 e. The molecule has 0 aliphatic heterocycles. The second-order valence-corrected chi connectivity index (χ2v) is 8.15. The lowest BCUT2D eigenvalue weighted by atomic mass is 9.70. The fourth-order valence-electron chi connectivity index (χ4n) is 4.11. The van der Waals surface area contributed by atoms with Gasteiger partial charge < -0.3 is 4.74 Å². The zero-order chi connectivity index (χ0) is 14.5. The summed E-state index contributed by atoms with van der Waals surface area (Å²) < 4.78 is 7.25. The Bertz CT molecular complexity index is 533. The van der Waals surface area contributed by atoms with E-state index in [-0.39, 0.29) is 11.5 Å². The van der Waals surface area contributed by atoms with Gasteiger partial charge in [-0.1, -0.05) is 20.8 Å². The summed E-state index contributed by atoms with van der Waals surface area (Å²) >= 11 is 9.45. The zero-order valence-electron chi connectivity index (χ0n) is 12.2. The highest BCUT2D eigenvalue weighted by molar-refractivity contribution is 9.10. The van der Waals surface area contributed by atoms with E-state index < -0.39 is 0 Å². The van der Waals surface area contributed by atoms with Gasteiger partial charge in [0.05, 0.1) is 5.88 Å². The van der Waals surface area contributed by atoms with Gasteiger partial charge in [0.25, 0.3) is 0 Å². The molecule has 110 valence electrons. The van der Waals surface area contributed by atoms with E-state index in [1.165, 1.54) is 12.8 Å². The second kappa shape index (κ2) is 4.88. The summed E-state index contributed by atoms with van der Waals surface area (Å²) in [5.74, 6) is 1.91. The van der Waals surface area contributed by atoms with Crippen LogP contribution in [0.25, 0.3) is 0 Å². The Labute approximate surface area is 134 Å². The Morgan fingerprint density at radius 3 is 2.75 bits per heavy atom. The minimum absolute atomic E-state index is 0.246. The predicted octanol–water partition coefficient (Wildman–Crippen LogP) is 5.18. The number of alkyl halides is 1. The lowest BCUT2D eigenvalue weighted by Crippen LogP contribution is -2.39. The molecule has 0 saturated heterocycles. The van der Waals surface area contributed by atoms with E-state index in [1.54, 1.807) is 6.20 Å². The summed E-state index contributed by atoms with van der Waals surface area (Å²) in [6.45, 7) is 7.17. The molecular formula is C16H21BrClNO. The molecule has 0 radical (unpaired) electrons. The van der Waals surface area contributed by atoms with Gasteiger partial charge >= 0.3 is 0 Å². The molecule has 1 aromatic heterocycles. The van der Waals surface area contributed by atoms with Crippen LogP contribution in [0.1, 0.15) is 45.6 Å². The number of ether oxygens (including phenoxy) is 1. The monoisotopic (exact) mass is 357 g/mol. The van der Waals surface area contributed by atoms with Gasteiger partial charge in [-0.15, -0.1) is 11.6 Å². The average Bonchev–Trinajstić information content (AvgIpc) is 2.74. The Morgan fingerprint density at radius 1 is 1.45 bits per heavy atom. The molecule has 0 spiro atoms. The molecule has 2 nitrogen and oxygen atoms in total. The van der Waals surface area contributed by atoms with Crippen LogP contribution in [0.5, 0.6) is 5.88 Å². The summed E-state index contributed by atoms with van der Waals surface area (Å²) in [5, 5.41) is 0. The summed E-state index contributed by atoms with van der Waals surface area (Å²) in [7, 11) is 0. The van der Waals surface area contributed by atoms with E-state index in [4.69, 9.17) is 16.3 Å². The van der Waals surface area contributed by atoms with Crippen LogP contribution in [-0.4, -0.2) is 11.1 Å². The molecule has 4 heteroatoms. The van der Waals surface area contributed by atoms with E-state index in [0.717, 1.165) is 22.4 Å². The van der Waals surface area contributed by atoms with E-state index in [0.29, 0.717) is 17.2 Å². The maximum absolute atomic E-state index is 6.31. The first-order valence-electron chi connectivity index (χ1n) is 7.25. The van der Waals surface area contributed by atoms with Crippen LogP contribution in [0, 0.1) is 16.7 Å². The van der Waals surface area contributed by atoms with Crippen LogP contribution in [0.2, 0.25) is 0 Å². The molecule has 2 fully saturated rings. The van der Waals surface area contributed by atoms with Crippen LogP contribution in [0.3, 0.4) is 0 Å². The minimum atomic E-state index is 0.246. The molecule has 20 heavy (non-hydrogen) atoms. The van der Waals surface area contributed by atoms with Crippen molar-refractivity contribution < 1.29 is 4.74 Å². The molecule has 2 aliphatic rings. The predicted molar refractivity (Wildman–Crippen MR) is 85.1 cm³/mol. The van der Waals surface area contributed by atoms with Crippen LogP contribution in [0.4, 0.5) is 0 Å². The largest absolute Gasteiger partial charge is 0.474 e. The van der Waals surface area contributed by atoms with Gasteiger partial charge in [-0.25, -0.2) is 4.98 Å². The molecule has 3 unspecified atom stereocenters. The molecule has 2 bridgehead atoms. The molecule has 0 N–H and O–H groups in total.